The molecule has 0 spiro atoms. The third kappa shape index (κ3) is 10.8. The van der Waals surface area contributed by atoms with Gasteiger partial charge in [-0.3, -0.25) is 15.4 Å². The molecule has 0 aliphatic rings. The van der Waals surface area contributed by atoms with Gasteiger partial charge in [-0.15, -0.1) is 22.7 Å². The van der Waals surface area contributed by atoms with Crippen molar-refractivity contribution in [1.29, 1.82) is 0 Å². The van der Waals surface area contributed by atoms with Crippen LogP contribution in [0.1, 0.15) is 60.9 Å². The van der Waals surface area contributed by atoms with E-state index in [1.54, 1.807) is 47.6 Å². The molecule has 14 heteroatoms. The number of nitrogens with two attached hydrogens (primary N) is 1. The highest BCUT2D eigenvalue weighted by Crippen LogP contribution is 2.32. The summed E-state index contributed by atoms with van der Waals surface area (Å²) >= 11 is 8.57. The molecule has 2 aromatic heterocycles. The van der Waals surface area contributed by atoms with E-state index in [1.165, 1.54) is 6.07 Å². The maximum absolute atomic E-state index is 11.5. The van der Waals surface area contributed by atoms with Crippen LogP contribution < -0.4 is 16.4 Å². The average molecular weight is 643 g/mol. The summed E-state index contributed by atoms with van der Waals surface area (Å²) in [6, 6.07) is 3.13. The summed E-state index contributed by atoms with van der Waals surface area (Å²) in [6.45, 7) is 10.5. The van der Waals surface area contributed by atoms with E-state index in [-0.39, 0.29) is 15.4 Å². The summed E-state index contributed by atoms with van der Waals surface area (Å²) in [5.41, 5.74) is 4.55. The minimum absolute atomic E-state index is 0.0581. The molecule has 0 aromatic carbocycles. The highest BCUT2D eigenvalue weighted by Gasteiger charge is 2.21. The van der Waals surface area contributed by atoms with E-state index < -0.39 is 35.3 Å². The predicted octanol–water partition coefficient (Wildman–Crippen LogP) is 6.51. The molecule has 2 aromatic rings. The zero-order valence-electron chi connectivity index (χ0n) is 19.2. The Bertz CT molecular complexity index is 985. The van der Waals surface area contributed by atoms with Crippen LogP contribution in [-0.2, 0) is 9.47 Å². The van der Waals surface area contributed by atoms with Crippen molar-refractivity contribution in [2.45, 2.75) is 52.7 Å². The van der Waals surface area contributed by atoms with Crippen LogP contribution in [0.5, 0.6) is 0 Å². The minimum atomic E-state index is -1.09. The number of ether oxygens (including phenoxy) is 2. The Morgan fingerprint density at radius 3 is 1.50 bits per heavy atom. The van der Waals surface area contributed by atoms with Gasteiger partial charge in [-0.1, -0.05) is 0 Å². The number of carboxylic acids is 1. The van der Waals surface area contributed by atoms with Crippen molar-refractivity contribution in [2.75, 3.05) is 10.6 Å². The second-order valence-corrected chi connectivity index (χ2v) is 13.4. The first-order valence-electron chi connectivity index (χ1n) is 9.49. The molecule has 0 bridgehead atoms. The first-order chi connectivity index (χ1) is 15.4. The monoisotopic (exact) mass is 641 g/mol. The van der Waals surface area contributed by atoms with Gasteiger partial charge in [0, 0.05) is 0 Å². The van der Waals surface area contributed by atoms with Gasteiger partial charge in [-0.25, -0.2) is 14.4 Å². The first kappa shape index (κ1) is 29.9. The lowest BCUT2D eigenvalue weighted by Crippen LogP contribution is -2.27. The van der Waals surface area contributed by atoms with E-state index in [2.05, 4.69) is 42.5 Å². The summed E-state index contributed by atoms with van der Waals surface area (Å²) in [5.74, 6) is -1.68. The minimum Gasteiger partial charge on any atom is -0.477 e. The molecule has 0 aliphatic carbocycles. The molecule has 2 rings (SSSR count). The molecule has 34 heavy (non-hydrogen) atoms. The number of carboxylic acid groups (broad SMARTS) is 1. The molecule has 0 radical (unpaired) electrons. The van der Waals surface area contributed by atoms with Crippen LogP contribution in [0, 0.1) is 0 Å². The molecule has 0 unspecified atom stereocenters. The molecule has 0 fully saturated rings. The van der Waals surface area contributed by atoms with Crippen molar-refractivity contribution in [3.05, 3.63) is 29.5 Å². The first-order valence-corrected chi connectivity index (χ1v) is 12.7. The molecule has 3 amide bonds. The third-order valence-corrected chi connectivity index (χ3v) is 6.37. The van der Waals surface area contributed by atoms with E-state index in [9.17, 15) is 19.2 Å². The van der Waals surface area contributed by atoms with Crippen LogP contribution in [-0.4, -0.2) is 40.4 Å². The Morgan fingerprint density at radius 1 is 0.824 bits per heavy atom. The van der Waals surface area contributed by atoms with Crippen LogP contribution in [0.2, 0.25) is 0 Å². The van der Waals surface area contributed by atoms with Crippen LogP contribution in [0.25, 0.3) is 0 Å². The van der Waals surface area contributed by atoms with E-state index >= 15 is 0 Å². The van der Waals surface area contributed by atoms with Gasteiger partial charge in [0.2, 0.25) is 0 Å². The van der Waals surface area contributed by atoms with Gasteiger partial charge in [0.15, 0.2) is 0 Å². The summed E-state index contributed by atoms with van der Waals surface area (Å²) < 4.78 is 11.4. The number of rotatable bonds is 4. The van der Waals surface area contributed by atoms with E-state index in [0.717, 1.165) is 22.7 Å². The van der Waals surface area contributed by atoms with Crippen molar-refractivity contribution in [3.8, 4) is 0 Å². The fourth-order valence-corrected chi connectivity index (χ4v) is 4.88. The lowest BCUT2D eigenvalue weighted by atomic mass is 10.2. The van der Waals surface area contributed by atoms with Crippen molar-refractivity contribution >= 4 is 90.0 Å². The highest BCUT2D eigenvalue weighted by atomic mass is 79.9. The molecular weight excluding hydrogens is 618 g/mol. The van der Waals surface area contributed by atoms with E-state index in [0.29, 0.717) is 13.3 Å². The molecule has 5 N–H and O–H groups in total. The number of carbonyl (C=O) groups excluding carboxylic acids is 3. The van der Waals surface area contributed by atoms with Gasteiger partial charge in [0.1, 0.15) is 21.0 Å². The summed E-state index contributed by atoms with van der Waals surface area (Å²) in [7, 11) is 0. The lowest BCUT2D eigenvalue weighted by molar-refractivity contribution is 0.0623. The van der Waals surface area contributed by atoms with Crippen molar-refractivity contribution < 1.29 is 33.8 Å². The second kappa shape index (κ2) is 12.0. The maximum Gasteiger partial charge on any atom is 0.412 e. The van der Waals surface area contributed by atoms with E-state index in [4.69, 9.17) is 20.3 Å². The van der Waals surface area contributed by atoms with Gasteiger partial charge in [0.05, 0.1) is 18.9 Å². The number of amides is 3. The van der Waals surface area contributed by atoms with Crippen LogP contribution in [0.15, 0.2) is 19.7 Å². The molecular formula is C20H25Br2N3O7S2. The average Bonchev–Trinajstić information content (AvgIpc) is 3.14. The number of nitrogens with one attached hydrogen (secondary N) is 2. The Morgan fingerprint density at radius 2 is 1.18 bits per heavy atom. The van der Waals surface area contributed by atoms with Crippen LogP contribution in [0.4, 0.5) is 21.0 Å². The van der Waals surface area contributed by atoms with Crippen LogP contribution in [0.3, 0.4) is 0 Å². The number of hydrogen-bond donors (Lipinski definition) is 4. The van der Waals surface area contributed by atoms with Crippen LogP contribution >= 0.6 is 54.5 Å². The number of anilines is 2. The van der Waals surface area contributed by atoms with Gasteiger partial charge in [-0.05, 0) is 85.5 Å². The normalized spacial score (nSPS) is 11.1. The largest absolute Gasteiger partial charge is 0.477 e. The van der Waals surface area contributed by atoms with Gasteiger partial charge >= 0.3 is 18.2 Å². The van der Waals surface area contributed by atoms with Gasteiger partial charge < -0.3 is 20.3 Å². The molecule has 0 saturated heterocycles. The van der Waals surface area contributed by atoms with Gasteiger partial charge in [-0.2, -0.15) is 0 Å². The fourth-order valence-electron chi connectivity index (χ4n) is 2.08. The molecule has 2 heterocycles. The van der Waals surface area contributed by atoms with Crippen molar-refractivity contribution in [3.63, 3.8) is 0 Å². The molecule has 0 atom stereocenters. The number of carbonyl (C=O) groups is 4. The molecule has 10 nitrogen and oxygen atoms in total. The Labute approximate surface area is 221 Å². The Balaban J connectivity index is 0.000000340. The predicted molar refractivity (Wildman–Crippen MR) is 139 cm³/mol. The SMILES string of the molecule is CC(C)(C)OC(=O)Nc1cc(Br)sc1C(=O)O.CC(C)(C)OC(=O)Nc1cc(Br)sc1C(N)=O. The molecule has 0 saturated carbocycles. The fraction of sp³-hybridized carbons (Fsp3) is 0.400. The van der Waals surface area contributed by atoms with E-state index in [1.807, 2.05) is 0 Å². The van der Waals surface area contributed by atoms with Gasteiger partial charge in [0.25, 0.3) is 5.91 Å². The van der Waals surface area contributed by atoms with Crippen molar-refractivity contribution in [1.82, 2.24) is 0 Å². The number of aromatic carboxylic acids is 1. The number of hydrogen-bond acceptors (Lipinski definition) is 8. The van der Waals surface area contributed by atoms with Crippen molar-refractivity contribution in [2.24, 2.45) is 5.73 Å². The summed E-state index contributed by atoms with van der Waals surface area (Å²) in [6.07, 6.45) is -1.30. The zero-order valence-corrected chi connectivity index (χ0v) is 24.0. The topological polar surface area (TPSA) is 157 Å². The highest BCUT2D eigenvalue weighted by molar-refractivity contribution is 9.11. The quantitative estimate of drug-likeness (QED) is 0.296. The number of primary amides is 1. The second-order valence-electron chi connectivity index (χ2n) is 8.51. The molecule has 0 aliphatic heterocycles. The lowest BCUT2D eigenvalue weighted by Gasteiger charge is -2.19. The Kier molecular flexibility index (Phi) is 10.5. The summed E-state index contributed by atoms with van der Waals surface area (Å²) in [4.78, 5) is 45.4. The standard InChI is InChI=1S/C10H13BrN2O3S.C10H12BrNO4S/c1-10(2,3)16-9(15)13-5-4-6(11)17-7(5)8(12)14;1-10(2,3)16-9(15)12-5-4-6(11)17-7(5)8(13)14/h4H,1-3H3,(H2,12,14)(H,13,15);4H,1-3H3,(H,12,15)(H,13,14). The Hall–Kier alpha value is -2.16. The molecule has 188 valence electrons. The summed E-state index contributed by atoms with van der Waals surface area (Å²) in [5, 5.41) is 13.8. The third-order valence-electron chi connectivity index (χ3n) is 3.09. The zero-order chi connectivity index (χ0) is 26.4. The maximum atomic E-state index is 11.5. The smallest absolute Gasteiger partial charge is 0.412 e. The number of halogens is 2. The number of thiophene rings is 2.